The van der Waals surface area contributed by atoms with Gasteiger partial charge in [0, 0.05) is 17.8 Å². The topological polar surface area (TPSA) is 29.1 Å². The van der Waals surface area contributed by atoms with Gasteiger partial charge in [-0.1, -0.05) is 27.7 Å². The molecule has 0 aromatic rings. The van der Waals surface area contributed by atoms with Gasteiger partial charge in [-0.3, -0.25) is 4.79 Å². The van der Waals surface area contributed by atoms with Crippen molar-refractivity contribution in [1.29, 1.82) is 0 Å². The minimum Gasteiger partial charge on any atom is -0.353 e. The molecule has 0 saturated carbocycles. The molecule has 0 saturated heterocycles. The van der Waals surface area contributed by atoms with Crippen molar-refractivity contribution >= 4 is 17.5 Å². The molecule has 0 radical (unpaired) electrons. The number of alkyl halides is 1. The molecular formula is C10H20ClNO. The van der Waals surface area contributed by atoms with Crippen LogP contribution in [-0.4, -0.2) is 17.8 Å². The van der Waals surface area contributed by atoms with E-state index in [1.165, 1.54) is 0 Å². The van der Waals surface area contributed by atoms with Crippen LogP contribution in [0.2, 0.25) is 0 Å². The molecule has 0 fully saturated rings. The molecule has 0 aliphatic rings. The van der Waals surface area contributed by atoms with Crippen molar-refractivity contribution in [2.75, 3.05) is 5.88 Å². The second-order valence-electron chi connectivity index (χ2n) is 3.82. The summed E-state index contributed by atoms with van der Waals surface area (Å²) < 4.78 is 0. The fourth-order valence-electron chi connectivity index (χ4n) is 1.14. The van der Waals surface area contributed by atoms with E-state index >= 15 is 0 Å². The van der Waals surface area contributed by atoms with Crippen LogP contribution in [0.3, 0.4) is 0 Å². The summed E-state index contributed by atoms with van der Waals surface area (Å²) in [7, 11) is 0. The summed E-state index contributed by atoms with van der Waals surface area (Å²) >= 11 is 5.59. The Kier molecular flexibility index (Phi) is 6.13. The van der Waals surface area contributed by atoms with Crippen LogP contribution in [-0.2, 0) is 4.79 Å². The van der Waals surface area contributed by atoms with Crippen LogP contribution in [0.25, 0.3) is 0 Å². The van der Waals surface area contributed by atoms with Crippen LogP contribution in [0.4, 0.5) is 0 Å². The molecule has 78 valence electrons. The van der Waals surface area contributed by atoms with E-state index < -0.39 is 0 Å². The highest BCUT2D eigenvalue weighted by Crippen LogP contribution is 2.07. The molecule has 2 atom stereocenters. The first-order valence-corrected chi connectivity index (χ1v) is 5.42. The van der Waals surface area contributed by atoms with E-state index in [9.17, 15) is 4.79 Å². The first-order chi connectivity index (χ1) is 6.02. The van der Waals surface area contributed by atoms with E-state index in [0.717, 1.165) is 6.42 Å². The lowest BCUT2D eigenvalue weighted by molar-refractivity contribution is -0.124. The second-order valence-corrected chi connectivity index (χ2v) is 4.13. The minimum absolute atomic E-state index is 0.0653. The van der Waals surface area contributed by atoms with Crippen molar-refractivity contribution in [1.82, 2.24) is 5.32 Å². The predicted molar refractivity (Wildman–Crippen MR) is 56.9 cm³/mol. The van der Waals surface area contributed by atoms with Gasteiger partial charge in [-0.2, -0.15) is 0 Å². The first-order valence-electron chi connectivity index (χ1n) is 4.89. The van der Waals surface area contributed by atoms with Crippen LogP contribution in [0.15, 0.2) is 0 Å². The Morgan fingerprint density at radius 2 is 1.92 bits per heavy atom. The van der Waals surface area contributed by atoms with Crippen molar-refractivity contribution in [2.24, 2.45) is 11.8 Å². The molecule has 0 rings (SSSR count). The highest BCUT2D eigenvalue weighted by Gasteiger charge is 2.17. The molecular weight excluding hydrogens is 186 g/mol. The lowest BCUT2D eigenvalue weighted by Crippen LogP contribution is -2.41. The number of nitrogens with one attached hydrogen (secondary N) is 1. The lowest BCUT2D eigenvalue weighted by atomic mass is 10.0. The molecule has 0 aromatic heterocycles. The van der Waals surface area contributed by atoms with Crippen molar-refractivity contribution < 1.29 is 4.79 Å². The molecule has 0 aliphatic heterocycles. The van der Waals surface area contributed by atoms with Gasteiger partial charge in [-0.15, -0.1) is 11.6 Å². The van der Waals surface area contributed by atoms with Crippen molar-refractivity contribution in [2.45, 2.75) is 40.2 Å². The molecule has 0 aliphatic carbocycles. The molecule has 0 heterocycles. The molecule has 2 nitrogen and oxygen atoms in total. The summed E-state index contributed by atoms with van der Waals surface area (Å²) in [6.07, 6.45) is 0.971. The fourth-order valence-corrected chi connectivity index (χ4v) is 1.28. The van der Waals surface area contributed by atoms with Gasteiger partial charge in [-0.05, 0) is 12.3 Å². The SMILES string of the molecule is CCC(NC(=O)C(C)CCl)C(C)C. The number of amides is 1. The Bertz CT molecular complexity index is 159. The number of carbonyl (C=O) groups excluding carboxylic acids is 1. The monoisotopic (exact) mass is 205 g/mol. The second kappa shape index (κ2) is 6.25. The summed E-state index contributed by atoms with van der Waals surface area (Å²) in [5.41, 5.74) is 0. The van der Waals surface area contributed by atoms with Gasteiger partial charge in [0.25, 0.3) is 0 Å². The zero-order valence-corrected chi connectivity index (χ0v) is 9.69. The van der Waals surface area contributed by atoms with Crippen molar-refractivity contribution in [3.05, 3.63) is 0 Å². The average molecular weight is 206 g/mol. The Labute approximate surface area is 86.0 Å². The molecule has 3 heteroatoms. The fraction of sp³-hybridized carbons (Fsp3) is 0.900. The van der Waals surface area contributed by atoms with Gasteiger partial charge < -0.3 is 5.32 Å². The number of halogens is 1. The van der Waals surface area contributed by atoms with Gasteiger partial charge >= 0.3 is 0 Å². The Morgan fingerprint density at radius 3 is 2.23 bits per heavy atom. The van der Waals surface area contributed by atoms with Gasteiger partial charge in [0.1, 0.15) is 0 Å². The molecule has 0 spiro atoms. The quantitative estimate of drug-likeness (QED) is 0.687. The van der Waals surface area contributed by atoms with Crippen LogP contribution in [0.1, 0.15) is 34.1 Å². The van der Waals surface area contributed by atoms with Crippen LogP contribution >= 0.6 is 11.6 Å². The third-order valence-electron chi connectivity index (χ3n) is 2.25. The zero-order valence-electron chi connectivity index (χ0n) is 8.93. The van der Waals surface area contributed by atoms with Crippen LogP contribution in [0.5, 0.6) is 0 Å². The van der Waals surface area contributed by atoms with Gasteiger partial charge in [0.2, 0.25) is 5.91 Å². The maximum atomic E-state index is 11.5. The molecule has 1 N–H and O–H groups in total. The maximum Gasteiger partial charge on any atom is 0.224 e. The number of hydrogen-bond donors (Lipinski definition) is 1. The van der Waals surface area contributed by atoms with Crippen LogP contribution < -0.4 is 5.32 Å². The Morgan fingerprint density at radius 1 is 1.38 bits per heavy atom. The Balaban J connectivity index is 4.01. The maximum absolute atomic E-state index is 11.5. The van der Waals surface area contributed by atoms with Gasteiger partial charge in [0.15, 0.2) is 0 Å². The standard InChI is InChI=1S/C10H20ClNO/c1-5-9(7(2)3)12-10(13)8(4)6-11/h7-9H,5-6H2,1-4H3,(H,12,13). The summed E-state index contributed by atoms with van der Waals surface area (Å²) in [5, 5.41) is 2.99. The third-order valence-corrected chi connectivity index (χ3v) is 2.71. The van der Waals surface area contributed by atoms with Crippen LogP contribution in [0, 0.1) is 11.8 Å². The van der Waals surface area contributed by atoms with E-state index in [1.807, 2.05) is 6.92 Å². The summed E-state index contributed by atoms with van der Waals surface area (Å²) in [6, 6.07) is 0.276. The van der Waals surface area contributed by atoms with E-state index in [2.05, 4.69) is 26.1 Å². The first kappa shape index (κ1) is 12.8. The molecule has 2 unspecified atom stereocenters. The smallest absolute Gasteiger partial charge is 0.224 e. The van der Waals surface area contributed by atoms with E-state index in [-0.39, 0.29) is 17.9 Å². The predicted octanol–water partition coefficient (Wildman–Crippen LogP) is 2.41. The van der Waals surface area contributed by atoms with Gasteiger partial charge in [0.05, 0.1) is 0 Å². The highest BCUT2D eigenvalue weighted by atomic mass is 35.5. The zero-order chi connectivity index (χ0) is 10.4. The third kappa shape index (κ3) is 4.51. The molecule has 1 amide bonds. The highest BCUT2D eigenvalue weighted by molar-refractivity contribution is 6.19. The van der Waals surface area contributed by atoms with Crippen molar-refractivity contribution in [3.8, 4) is 0 Å². The summed E-state index contributed by atoms with van der Waals surface area (Å²) in [4.78, 5) is 11.5. The lowest BCUT2D eigenvalue weighted by Gasteiger charge is -2.22. The summed E-state index contributed by atoms with van der Waals surface area (Å²) in [6.45, 7) is 8.14. The molecule has 0 bridgehead atoms. The molecule has 13 heavy (non-hydrogen) atoms. The number of hydrogen-bond acceptors (Lipinski definition) is 1. The summed E-state index contributed by atoms with van der Waals surface area (Å²) in [5.74, 6) is 0.849. The largest absolute Gasteiger partial charge is 0.353 e. The minimum atomic E-state index is -0.0885. The number of carbonyl (C=O) groups is 1. The van der Waals surface area contributed by atoms with E-state index in [1.54, 1.807) is 0 Å². The van der Waals surface area contributed by atoms with E-state index in [4.69, 9.17) is 11.6 Å². The van der Waals surface area contributed by atoms with Crippen molar-refractivity contribution in [3.63, 3.8) is 0 Å². The van der Waals surface area contributed by atoms with Gasteiger partial charge in [-0.25, -0.2) is 0 Å². The van der Waals surface area contributed by atoms with E-state index in [0.29, 0.717) is 11.8 Å². The number of rotatable bonds is 5. The molecule has 0 aromatic carbocycles. The average Bonchev–Trinajstić information content (AvgIpc) is 2.11. The Hall–Kier alpha value is -0.240. The normalized spacial score (nSPS) is 15.5.